The molecule has 1 aliphatic carbocycles. The van der Waals surface area contributed by atoms with Gasteiger partial charge in [0.1, 0.15) is 23.7 Å². The minimum Gasteiger partial charge on any atom is -0.485 e. The van der Waals surface area contributed by atoms with E-state index in [1.165, 1.54) is 0 Å². The van der Waals surface area contributed by atoms with E-state index in [1.54, 1.807) is 12.3 Å². The molecule has 28 heavy (non-hydrogen) atoms. The number of para-hydroxylation sites is 1. The molecule has 2 aliphatic rings. The van der Waals surface area contributed by atoms with E-state index in [0.717, 1.165) is 37.9 Å². The number of imidazole rings is 1. The first-order chi connectivity index (χ1) is 13.6. The molecule has 0 atom stereocenters. The molecule has 2 N–H and O–H groups in total. The lowest BCUT2D eigenvalue weighted by atomic mass is 9.81. The molecule has 1 aromatic carbocycles. The van der Waals surface area contributed by atoms with Gasteiger partial charge in [-0.2, -0.15) is 0 Å². The third-order valence-electron chi connectivity index (χ3n) is 5.72. The fraction of sp³-hybridized carbons (Fsp3) is 0.476. The van der Waals surface area contributed by atoms with Gasteiger partial charge >= 0.3 is 0 Å². The predicted molar refractivity (Wildman–Crippen MR) is 104 cm³/mol. The van der Waals surface area contributed by atoms with Crippen LogP contribution in [0.15, 0.2) is 36.7 Å². The normalized spacial score (nSPS) is 24.0. The van der Waals surface area contributed by atoms with Crippen molar-refractivity contribution in [2.45, 2.75) is 57.2 Å². The predicted octanol–water partition coefficient (Wildman–Crippen LogP) is 2.07. The monoisotopic (exact) mass is 382 g/mol. The molecule has 1 aliphatic heterocycles. The number of carbonyl (C=O) groups is 2. The van der Waals surface area contributed by atoms with Crippen LogP contribution in [0.25, 0.3) is 0 Å². The molecular weight excluding hydrogens is 356 g/mol. The zero-order valence-corrected chi connectivity index (χ0v) is 16.1. The van der Waals surface area contributed by atoms with Crippen LogP contribution >= 0.6 is 0 Å². The van der Waals surface area contributed by atoms with E-state index < -0.39 is 5.60 Å². The van der Waals surface area contributed by atoms with Crippen molar-refractivity contribution in [2.24, 2.45) is 0 Å². The zero-order valence-electron chi connectivity index (χ0n) is 16.1. The van der Waals surface area contributed by atoms with Crippen molar-refractivity contribution in [1.29, 1.82) is 0 Å². The van der Waals surface area contributed by atoms with E-state index in [0.29, 0.717) is 24.4 Å². The van der Waals surface area contributed by atoms with Crippen molar-refractivity contribution in [1.82, 2.24) is 20.2 Å². The number of aromatic nitrogens is 2. The van der Waals surface area contributed by atoms with Crippen molar-refractivity contribution < 1.29 is 14.3 Å². The molecule has 2 heterocycles. The summed E-state index contributed by atoms with van der Waals surface area (Å²) in [6.45, 7) is 2.82. The van der Waals surface area contributed by atoms with Gasteiger partial charge in [-0.05, 0) is 37.8 Å². The van der Waals surface area contributed by atoms with Crippen LogP contribution in [-0.2, 0) is 17.8 Å². The highest BCUT2D eigenvalue weighted by molar-refractivity contribution is 5.97. The number of rotatable bonds is 4. The lowest BCUT2D eigenvalue weighted by Gasteiger charge is -2.39. The number of benzene rings is 1. The number of nitrogens with one attached hydrogen (secondary N) is 2. The minimum atomic E-state index is -0.400. The Morgan fingerprint density at radius 1 is 1.36 bits per heavy atom. The summed E-state index contributed by atoms with van der Waals surface area (Å²) in [5.74, 6) is 1.48. The van der Waals surface area contributed by atoms with Gasteiger partial charge in [0, 0.05) is 24.9 Å². The van der Waals surface area contributed by atoms with E-state index in [9.17, 15) is 9.59 Å². The van der Waals surface area contributed by atoms with Crippen LogP contribution in [0.2, 0.25) is 0 Å². The van der Waals surface area contributed by atoms with Gasteiger partial charge < -0.3 is 19.9 Å². The van der Waals surface area contributed by atoms with Gasteiger partial charge in [0.05, 0.1) is 12.1 Å². The smallest absolute Gasteiger partial charge is 0.255 e. The summed E-state index contributed by atoms with van der Waals surface area (Å²) < 4.78 is 8.21. The van der Waals surface area contributed by atoms with Crippen LogP contribution in [0.4, 0.5) is 0 Å². The fourth-order valence-corrected chi connectivity index (χ4v) is 4.14. The quantitative estimate of drug-likeness (QED) is 0.848. The van der Waals surface area contributed by atoms with Gasteiger partial charge in [-0.25, -0.2) is 4.98 Å². The summed E-state index contributed by atoms with van der Waals surface area (Å²) in [7, 11) is 0. The summed E-state index contributed by atoms with van der Waals surface area (Å²) >= 11 is 0. The Labute approximate surface area is 164 Å². The van der Waals surface area contributed by atoms with Crippen molar-refractivity contribution >= 4 is 11.8 Å². The van der Waals surface area contributed by atoms with E-state index >= 15 is 0 Å². The maximum atomic E-state index is 12.4. The average Bonchev–Trinajstić information content (AvgIpc) is 3.10. The van der Waals surface area contributed by atoms with Crippen LogP contribution in [-0.4, -0.2) is 39.6 Å². The van der Waals surface area contributed by atoms with Crippen LogP contribution in [0, 0.1) is 0 Å². The Morgan fingerprint density at radius 3 is 2.93 bits per heavy atom. The topological polar surface area (TPSA) is 85.3 Å². The van der Waals surface area contributed by atoms with Gasteiger partial charge in [0.25, 0.3) is 5.91 Å². The largest absolute Gasteiger partial charge is 0.485 e. The first kappa shape index (κ1) is 18.5. The lowest BCUT2D eigenvalue weighted by Crippen LogP contribution is -2.51. The fourth-order valence-electron chi connectivity index (χ4n) is 4.14. The molecular formula is C21H26N4O3. The lowest BCUT2D eigenvalue weighted by molar-refractivity contribution is -0.123. The highest BCUT2D eigenvalue weighted by atomic mass is 16.5. The summed E-state index contributed by atoms with van der Waals surface area (Å²) in [5.41, 5.74) is 0.185. The summed E-state index contributed by atoms with van der Waals surface area (Å²) in [5, 5.41) is 6.14. The summed E-state index contributed by atoms with van der Waals surface area (Å²) in [6.07, 6.45) is 7.61. The van der Waals surface area contributed by atoms with E-state index in [-0.39, 0.29) is 17.9 Å². The summed E-state index contributed by atoms with van der Waals surface area (Å²) in [6, 6.07) is 7.50. The molecule has 0 unspecified atom stereocenters. The molecule has 0 saturated heterocycles. The SMILES string of the molecule is CCc1nccn1CC(=O)NC1CCC2(CC1)CNC(=O)c1ccccc1O2. The number of amides is 2. The Hall–Kier alpha value is -2.83. The first-order valence-corrected chi connectivity index (χ1v) is 9.94. The third-order valence-corrected chi connectivity index (χ3v) is 5.72. The van der Waals surface area contributed by atoms with Gasteiger partial charge in [-0.1, -0.05) is 19.1 Å². The standard InChI is InChI=1S/C21H26N4O3/c1-2-18-22-11-12-25(18)13-19(26)24-15-7-9-21(10-8-15)14-23-20(27)16-5-3-4-6-17(16)28-21/h3-6,11-12,15H,2,7-10,13-14H2,1H3,(H,23,27)(H,24,26). The molecule has 0 radical (unpaired) electrons. The van der Waals surface area contributed by atoms with Crippen molar-refractivity contribution in [3.8, 4) is 5.75 Å². The van der Waals surface area contributed by atoms with Gasteiger partial charge in [0.2, 0.25) is 5.91 Å². The number of hydrogen-bond donors (Lipinski definition) is 2. The molecule has 0 bridgehead atoms. The van der Waals surface area contributed by atoms with Gasteiger partial charge in [-0.3, -0.25) is 9.59 Å². The average molecular weight is 382 g/mol. The Bertz CT molecular complexity index is 868. The number of aryl methyl sites for hydroxylation is 1. The molecule has 7 heteroatoms. The number of carbonyl (C=O) groups excluding carboxylic acids is 2. The second-order valence-corrected chi connectivity index (χ2v) is 7.63. The molecule has 1 spiro atoms. The van der Waals surface area contributed by atoms with Crippen LogP contribution in [0.5, 0.6) is 5.75 Å². The van der Waals surface area contributed by atoms with Gasteiger partial charge in [-0.15, -0.1) is 0 Å². The highest BCUT2D eigenvalue weighted by Crippen LogP contribution is 2.36. The Balaban J connectivity index is 1.35. The molecule has 2 amide bonds. The molecule has 4 rings (SSSR count). The van der Waals surface area contributed by atoms with E-state index in [1.807, 2.05) is 35.9 Å². The Morgan fingerprint density at radius 2 is 2.14 bits per heavy atom. The minimum absolute atomic E-state index is 0.00841. The number of hydrogen-bond acceptors (Lipinski definition) is 4. The Kier molecular flexibility index (Phi) is 5.07. The van der Waals surface area contributed by atoms with Crippen molar-refractivity contribution in [2.75, 3.05) is 6.54 Å². The second-order valence-electron chi connectivity index (χ2n) is 7.63. The molecule has 7 nitrogen and oxygen atoms in total. The number of nitrogens with zero attached hydrogens (tertiary/aromatic N) is 2. The molecule has 1 aromatic heterocycles. The molecule has 1 fully saturated rings. The zero-order chi connectivity index (χ0) is 19.6. The highest BCUT2D eigenvalue weighted by Gasteiger charge is 2.40. The van der Waals surface area contributed by atoms with Crippen molar-refractivity contribution in [3.05, 3.63) is 48.0 Å². The van der Waals surface area contributed by atoms with Crippen LogP contribution < -0.4 is 15.4 Å². The van der Waals surface area contributed by atoms with Crippen LogP contribution in [0.3, 0.4) is 0 Å². The third kappa shape index (κ3) is 3.74. The first-order valence-electron chi connectivity index (χ1n) is 9.94. The second kappa shape index (κ2) is 7.66. The molecule has 148 valence electrons. The molecule has 2 aromatic rings. The maximum absolute atomic E-state index is 12.4. The van der Waals surface area contributed by atoms with E-state index in [2.05, 4.69) is 15.6 Å². The van der Waals surface area contributed by atoms with Crippen LogP contribution in [0.1, 0.15) is 48.8 Å². The number of ether oxygens (including phenoxy) is 1. The van der Waals surface area contributed by atoms with E-state index in [4.69, 9.17) is 4.74 Å². The van der Waals surface area contributed by atoms with Crippen molar-refractivity contribution in [3.63, 3.8) is 0 Å². The molecule has 1 saturated carbocycles. The number of fused-ring (bicyclic) bond motifs is 1. The maximum Gasteiger partial charge on any atom is 0.255 e. The van der Waals surface area contributed by atoms with Gasteiger partial charge in [0.15, 0.2) is 0 Å². The summed E-state index contributed by atoms with van der Waals surface area (Å²) in [4.78, 5) is 29.0.